The molecule has 7 heteroatoms. The maximum absolute atomic E-state index is 13.8. The van der Waals surface area contributed by atoms with Crippen LogP contribution in [0.2, 0.25) is 0 Å². The summed E-state index contributed by atoms with van der Waals surface area (Å²) in [4.78, 5) is 23.8. The van der Waals surface area contributed by atoms with Crippen LogP contribution in [0.4, 0.5) is 10.1 Å². The second kappa shape index (κ2) is 6.84. The highest BCUT2D eigenvalue weighted by Gasteiger charge is 2.14. The average Bonchev–Trinajstić information content (AvgIpc) is 3.01. The number of hydrogen-bond acceptors (Lipinski definition) is 3. The van der Waals surface area contributed by atoms with E-state index in [1.54, 1.807) is 30.5 Å². The van der Waals surface area contributed by atoms with Crippen LogP contribution in [0, 0.1) is 5.82 Å². The zero-order chi connectivity index (χ0) is 17.1. The van der Waals surface area contributed by atoms with Gasteiger partial charge in [-0.25, -0.2) is 4.39 Å². The Morgan fingerprint density at radius 1 is 1.21 bits per heavy atom. The van der Waals surface area contributed by atoms with E-state index in [1.165, 1.54) is 28.8 Å². The topological polar surface area (TPSA) is 64.2 Å². The van der Waals surface area contributed by atoms with Crippen molar-refractivity contribution in [3.8, 4) is 0 Å². The Kier molecular flexibility index (Phi) is 4.61. The fourth-order valence-corrected chi connectivity index (χ4v) is 2.45. The van der Waals surface area contributed by atoms with Gasteiger partial charge in [0.15, 0.2) is 5.76 Å². The molecule has 2 heterocycles. The maximum Gasteiger partial charge on any atom is 0.291 e. The van der Waals surface area contributed by atoms with Crippen molar-refractivity contribution in [1.29, 1.82) is 0 Å². The van der Waals surface area contributed by atoms with Crippen LogP contribution in [0.1, 0.15) is 16.3 Å². The first-order valence-corrected chi connectivity index (χ1v) is 7.83. The minimum atomic E-state index is -0.567. The van der Waals surface area contributed by atoms with Gasteiger partial charge in [-0.1, -0.05) is 22.0 Å². The Hall–Kier alpha value is -2.67. The molecule has 5 nitrogen and oxygen atoms in total. The predicted octanol–water partition coefficient (Wildman–Crippen LogP) is 3.64. The number of amides is 1. The molecular formula is C17H12BrFN2O3. The van der Waals surface area contributed by atoms with Gasteiger partial charge < -0.3 is 14.3 Å². The Morgan fingerprint density at radius 3 is 2.79 bits per heavy atom. The minimum Gasteiger partial charge on any atom is -0.454 e. The molecule has 122 valence electrons. The summed E-state index contributed by atoms with van der Waals surface area (Å²) < 4.78 is 21.2. The number of hydrogen-bond donors (Lipinski definition) is 1. The Balaban J connectivity index is 1.74. The molecule has 0 radical (unpaired) electrons. The van der Waals surface area contributed by atoms with Crippen molar-refractivity contribution >= 4 is 27.5 Å². The molecule has 0 fully saturated rings. The molecule has 0 atom stereocenters. The summed E-state index contributed by atoms with van der Waals surface area (Å²) >= 11 is 3.15. The smallest absolute Gasteiger partial charge is 0.291 e. The van der Waals surface area contributed by atoms with Gasteiger partial charge in [-0.2, -0.15) is 0 Å². The number of nitrogens with one attached hydrogen (secondary N) is 1. The quantitative estimate of drug-likeness (QED) is 0.739. The summed E-state index contributed by atoms with van der Waals surface area (Å²) in [6.07, 6.45) is 1.63. The van der Waals surface area contributed by atoms with E-state index in [0.717, 1.165) is 0 Å². The molecule has 0 bridgehead atoms. The van der Waals surface area contributed by atoms with Crippen molar-refractivity contribution in [2.75, 3.05) is 5.32 Å². The number of pyridine rings is 1. The highest BCUT2D eigenvalue weighted by Crippen LogP contribution is 2.20. The fraction of sp³-hybridized carbons (Fsp3) is 0.0588. The highest BCUT2D eigenvalue weighted by atomic mass is 79.9. The van der Waals surface area contributed by atoms with Crippen molar-refractivity contribution in [2.45, 2.75) is 6.54 Å². The van der Waals surface area contributed by atoms with Crippen LogP contribution < -0.4 is 10.9 Å². The lowest BCUT2D eigenvalue weighted by atomic mass is 10.3. The molecule has 0 unspecified atom stereocenters. The lowest BCUT2D eigenvalue weighted by molar-refractivity contribution is 0.0994. The number of carbonyl (C=O) groups excluding carboxylic acids is 1. The number of rotatable bonds is 4. The van der Waals surface area contributed by atoms with E-state index in [1.807, 2.05) is 0 Å². The third kappa shape index (κ3) is 3.62. The van der Waals surface area contributed by atoms with E-state index in [-0.39, 0.29) is 23.6 Å². The molecule has 0 spiro atoms. The van der Waals surface area contributed by atoms with Crippen LogP contribution in [0.5, 0.6) is 0 Å². The molecule has 0 aliphatic rings. The highest BCUT2D eigenvalue weighted by molar-refractivity contribution is 9.10. The monoisotopic (exact) mass is 390 g/mol. The number of anilines is 1. The van der Waals surface area contributed by atoms with Gasteiger partial charge in [-0.3, -0.25) is 9.59 Å². The first-order valence-electron chi connectivity index (χ1n) is 7.03. The molecule has 3 rings (SSSR count). The van der Waals surface area contributed by atoms with E-state index in [4.69, 9.17) is 4.42 Å². The first-order chi connectivity index (χ1) is 11.5. The fourth-order valence-electron chi connectivity index (χ4n) is 2.12. The lowest BCUT2D eigenvalue weighted by Gasteiger charge is -2.05. The van der Waals surface area contributed by atoms with Crippen molar-refractivity contribution < 1.29 is 13.6 Å². The standard InChI is InChI=1S/C17H12BrFN2O3/c18-11-4-6-14(13(19)9-11)20-17(23)15-7-5-12(24-15)10-21-8-2-1-3-16(21)22/h1-9H,10H2,(H,20,23). The number of nitrogens with zero attached hydrogens (tertiary/aromatic N) is 1. The zero-order valence-electron chi connectivity index (χ0n) is 12.3. The molecular weight excluding hydrogens is 379 g/mol. The Morgan fingerprint density at radius 2 is 2.04 bits per heavy atom. The van der Waals surface area contributed by atoms with Crippen LogP contribution in [-0.2, 0) is 6.54 Å². The molecule has 24 heavy (non-hydrogen) atoms. The molecule has 0 saturated heterocycles. The third-order valence-corrected chi connectivity index (χ3v) is 3.78. The Labute approximate surface area is 144 Å². The summed E-state index contributed by atoms with van der Waals surface area (Å²) in [5.41, 5.74) is -0.114. The van der Waals surface area contributed by atoms with E-state index < -0.39 is 11.7 Å². The van der Waals surface area contributed by atoms with E-state index >= 15 is 0 Å². The van der Waals surface area contributed by atoms with Gasteiger partial charge in [0.25, 0.3) is 11.5 Å². The summed E-state index contributed by atoms with van der Waals surface area (Å²) in [5.74, 6) is -0.635. The van der Waals surface area contributed by atoms with Gasteiger partial charge in [0.2, 0.25) is 0 Å². The lowest BCUT2D eigenvalue weighted by Crippen LogP contribution is -2.18. The minimum absolute atomic E-state index is 0.0382. The SMILES string of the molecule is O=C(Nc1ccc(Br)cc1F)c1ccc(Cn2ccccc2=O)o1. The van der Waals surface area contributed by atoms with Crippen LogP contribution in [-0.4, -0.2) is 10.5 Å². The van der Waals surface area contributed by atoms with Crippen LogP contribution in [0.15, 0.2) is 68.4 Å². The van der Waals surface area contributed by atoms with Crippen molar-refractivity contribution in [2.24, 2.45) is 0 Å². The van der Waals surface area contributed by atoms with Gasteiger partial charge in [0.05, 0.1) is 12.2 Å². The number of halogens is 2. The molecule has 0 aliphatic heterocycles. The van der Waals surface area contributed by atoms with Gasteiger partial charge >= 0.3 is 0 Å². The second-order valence-electron chi connectivity index (χ2n) is 5.01. The molecule has 2 aromatic heterocycles. The molecule has 0 saturated carbocycles. The summed E-state index contributed by atoms with van der Waals surface area (Å²) in [7, 11) is 0. The van der Waals surface area contributed by atoms with E-state index in [2.05, 4.69) is 21.2 Å². The largest absolute Gasteiger partial charge is 0.454 e. The van der Waals surface area contributed by atoms with Crippen LogP contribution >= 0.6 is 15.9 Å². The van der Waals surface area contributed by atoms with Gasteiger partial charge in [-0.15, -0.1) is 0 Å². The molecule has 3 aromatic rings. The molecule has 1 amide bonds. The van der Waals surface area contributed by atoms with Crippen LogP contribution in [0.25, 0.3) is 0 Å². The maximum atomic E-state index is 13.8. The van der Waals surface area contributed by atoms with Crippen molar-refractivity contribution in [3.63, 3.8) is 0 Å². The normalized spacial score (nSPS) is 10.6. The van der Waals surface area contributed by atoms with E-state index in [0.29, 0.717) is 10.2 Å². The van der Waals surface area contributed by atoms with Gasteiger partial charge in [-0.05, 0) is 36.4 Å². The Bertz CT molecular complexity index is 949. The number of aromatic nitrogens is 1. The molecule has 1 aromatic carbocycles. The van der Waals surface area contributed by atoms with E-state index in [9.17, 15) is 14.0 Å². The van der Waals surface area contributed by atoms with Crippen LogP contribution in [0.3, 0.4) is 0 Å². The zero-order valence-corrected chi connectivity index (χ0v) is 13.9. The third-order valence-electron chi connectivity index (χ3n) is 3.29. The average molecular weight is 391 g/mol. The van der Waals surface area contributed by atoms with Crippen molar-refractivity contribution in [1.82, 2.24) is 4.57 Å². The summed E-state index contributed by atoms with van der Waals surface area (Å²) in [6.45, 7) is 0.208. The molecule has 1 N–H and O–H groups in total. The number of benzene rings is 1. The van der Waals surface area contributed by atoms with Gasteiger partial charge in [0.1, 0.15) is 11.6 Å². The molecule has 0 aliphatic carbocycles. The number of furan rings is 1. The summed E-state index contributed by atoms with van der Waals surface area (Å²) in [5, 5.41) is 2.45. The number of carbonyl (C=O) groups is 1. The summed E-state index contributed by atoms with van der Waals surface area (Å²) in [6, 6.07) is 12.2. The van der Waals surface area contributed by atoms with Gasteiger partial charge in [0, 0.05) is 16.7 Å². The van der Waals surface area contributed by atoms with Crippen molar-refractivity contribution in [3.05, 3.63) is 86.9 Å². The second-order valence-corrected chi connectivity index (χ2v) is 5.93. The predicted molar refractivity (Wildman–Crippen MR) is 90.6 cm³/mol. The first kappa shape index (κ1) is 16.2.